The fraction of sp³-hybridized carbons (Fsp3) is 0.556. The van der Waals surface area contributed by atoms with E-state index >= 15 is 0 Å². The van der Waals surface area contributed by atoms with Gasteiger partial charge in [0, 0.05) is 11.0 Å². The van der Waals surface area contributed by atoms with Crippen molar-refractivity contribution in [1.29, 1.82) is 0 Å². The maximum atomic E-state index is 10.7. The number of aliphatic hydroxyl groups excluding tert-OH is 1. The Morgan fingerprint density at radius 2 is 2.36 bits per heavy atom. The zero-order valence-corrected chi connectivity index (χ0v) is 7.73. The van der Waals surface area contributed by atoms with E-state index in [0.29, 0.717) is 24.2 Å². The quantitative estimate of drug-likeness (QED) is 0.735. The molecular weight excluding hydrogens is 186 g/mol. The van der Waals surface area contributed by atoms with Crippen molar-refractivity contribution in [1.82, 2.24) is 5.16 Å². The van der Waals surface area contributed by atoms with Crippen LogP contribution in [-0.2, 0) is 10.2 Å². The summed E-state index contributed by atoms with van der Waals surface area (Å²) >= 11 is 0. The number of hydrogen-bond donors (Lipinski definition) is 2. The van der Waals surface area contributed by atoms with Gasteiger partial charge in [0.05, 0.1) is 6.20 Å². The minimum absolute atomic E-state index is 0.586. The molecule has 76 valence electrons. The lowest BCUT2D eigenvalue weighted by atomic mass is 9.91. The van der Waals surface area contributed by atoms with Gasteiger partial charge in [0.1, 0.15) is 5.76 Å². The molecule has 2 N–H and O–H groups in total. The summed E-state index contributed by atoms with van der Waals surface area (Å²) in [6.45, 7) is 1.72. The second-order valence-corrected chi connectivity index (χ2v) is 3.69. The molecule has 0 amide bonds. The molecule has 5 heteroatoms. The number of carboxylic acids is 1. The second-order valence-electron chi connectivity index (χ2n) is 3.69. The molecular formula is C9H11NO4. The van der Waals surface area contributed by atoms with Gasteiger partial charge in [-0.1, -0.05) is 5.16 Å². The van der Waals surface area contributed by atoms with Crippen molar-refractivity contribution in [2.24, 2.45) is 0 Å². The Morgan fingerprint density at radius 1 is 1.71 bits per heavy atom. The molecule has 1 aromatic heterocycles. The first-order chi connectivity index (χ1) is 6.58. The molecule has 5 nitrogen and oxygen atoms in total. The highest BCUT2D eigenvalue weighted by atomic mass is 16.5. The molecule has 1 saturated carbocycles. The van der Waals surface area contributed by atoms with Crippen LogP contribution in [0.4, 0.5) is 0 Å². The number of aliphatic hydroxyl groups is 1. The summed E-state index contributed by atoms with van der Waals surface area (Å²) in [6.07, 6.45) is 1.47. The SMILES string of the molecule is Cc1oncc1C1(C(O)C(=O)O)CC1. The van der Waals surface area contributed by atoms with E-state index in [-0.39, 0.29) is 0 Å². The summed E-state index contributed by atoms with van der Waals surface area (Å²) in [5.74, 6) is -0.606. The molecule has 1 aliphatic carbocycles. The minimum atomic E-state index is -1.36. The molecule has 0 aromatic carbocycles. The Morgan fingerprint density at radius 3 is 2.71 bits per heavy atom. The Hall–Kier alpha value is -1.36. The minimum Gasteiger partial charge on any atom is -0.479 e. The highest BCUT2D eigenvalue weighted by Crippen LogP contribution is 2.52. The zero-order valence-electron chi connectivity index (χ0n) is 7.73. The Labute approximate surface area is 80.3 Å². The lowest BCUT2D eigenvalue weighted by Crippen LogP contribution is -2.34. The van der Waals surface area contributed by atoms with Gasteiger partial charge in [0.2, 0.25) is 0 Å². The topological polar surface area (TPSA) is 83.6 Å². The standard InChI is InChI=1S/C9H11NO4/c1-5-6(4-10-14-5)9(2-3-9)7(11)8(12)13/h4,7,11H,2-3H2,1H3,(H,12,13). The second kappa shape index (κ2) is 2.81. The van der Waals surface area contributed by atoms with E-state index in [9.17, 15) is 9.90 Å². The van der Waals surface area contributed by atoms with Gasteiger partial charge in [-0.15, -0.1) is 0 Å². The molecule has 0 saturated heterocycles. The summed E-state index contributed by atoms with van der Waals surface area (Å²) in [4.78, 5) is 10.7. The summed E-state index contributed by atoms with van der Waals surface area (Å²) in [6, 6.07) is 0. The third-order valence-corrected chi connectivity index (χ3v) is 2.83. The largest absolute Gasteiger partial charge is 0.479 e. The average Bonchev–Trinajstić information content (AvgIpc) is 2.83. The molecule has 1 atom stereocenters. The van der Waals surface area contributed by atoms with Gasteiger partial charge in [-0.3, -0.25) is 0 Å². The van der Waals surface area contributed by atoms with Crippen LogP contribution < -0.4 is 0 Å². The molecule has 0 spiro atoms. The maximum Gasteiger partial charge on any atom is 0.333 e. The maximum absolute atomic E-state index is 10.7. The first kappa shape index (κ1) is 9.21. The van der Waals surface area contributed by atoms with Crippen molar-refractivity contribution in [3.05, 3.63) is 17.5 Å². The van der Waals surface area contributed by atoms with Gasteiger partial charge < -0.3 is 14.7 Å². The van der Waals surface area contributed by atoms with Crippen LogP contribution in [0.15, 0.2) is 10.7 Å². The molecule has 0 aliphatic heterocycles. The molecule has 1 aliphatic rings. The highest BCUT2D eigenvalue weighted by Gasteiger charge is 2.55. The number of rotatable bonds is 3. The Balaban J connectivity index is 2.34. The first-order valence-corrected chi connectivity index (χ1v) is 4.40. The van der Waals surface area contributed by atoms with E-state index in [4.69, 9.17) is 9.63 Å². The van der Waals surface area contributed by atoms with E-state index in [1.165, 1.54) is 6.20 Å². The predicted octanol–water partition coefficient (Wildman–Crippen LogP) is 0.460. The summed E-state index contributed by atoms with van der Waals surface area (Å²) < 4.78 is 4.87. The first-order valence-electron chi connectivity index (χ1n) is 4.40. The number of aromatic nitrogens is 1. The third kappa shape index (κ3) is 1.13. The summed E-state index contributed by atoms with van der Waals surface area (Å²) in [7, 11) is 0. The molecule has 0 bridgehead atoms. The van der Waals surface area contributed by atoms with Crippen LogP contribution >= 0.6 is 0 Å². The van der Waals surface area contributed by atoms with E-state index < -0.39 is 17.5 Å². The number of nitrogens with zero attached hydrogens (tertiary/aromatic N) is 1. The van der Waals surface area contributed by atoms with Crippen molar-refractivity contribution < 1.29 is 19.5 Å². The van der Waals surface area contributed by atoms with Crippen molar-refractivity contribution in [2.45, 2.75) is 31.3 Å². The zero-order chi connectivity index (χ0) is 10.3. The van der Waals surface area contributed by atoms with Crippen LogP contribution in [0, 0.1) is 6.92 Å². The monoisotopic (exact) mass is 197 g/mol. The predicted molar refractivity (Wildman–Crippen MR) is 45.8 cm³/mol. The smallest absolute Gasteiger partial charge is 0.333 e. The van der Waals surface area contributed by atoms with Crippen LogP contribution in [0.5, 0.6) is 0 Å². The molecule has 0 radical (unpaired) electrons. The highest BCUT2D eigenvalue weighted by molar-refractivity contribution is 5.75. The van der Waals surface area contributed by atoms with Crippen LogP contribution in [0.25, 0.3) is 0 Å². The van der Waals surface area contributed by atoms with Crippen LogP contribution in [0.3, 0.4) is 0 Å². The number of hydrogen-bond acceptors (Lipinski definition) is 4. The van der Waals surface area contributed by atoms with Crippen LogP contribution in [0.2, 0.25) is 0 Å². The van der Waals surface area contributed by atoms with Crippen molar-refractivity contribution >= 4 is 5.97 Å². The molecule has 14 heavy (non-hydrogen) atoms. The van der Waals surface area contributed by atoms with E-state index in [0.717, 1.165) is 0 Å². The Kier molecular flexibility index (Phi) is 1.85. The van der Waals surface area contributed by atoms with E-state index in [1.807, 2.05) is 0 Å². The summed E-state index contributed by atoms with van der Waals surface area (Å²) in [5, 5.41) is 21.9. The fourth-order valence-corrected chi connectivity index (χ4v) is 1.84. The van der Waals surface area contributed by atoms with Gasteiger partial charge in [-0.05, 0) is 19.8 Å². The van der Waals surface area contributed by atoms with Crippen molar-refractivity contribution in [2.75, 3.05) is 0 Å². The molecule has 2 rings (SSSR count). The molecule has 1 aromatic rings. The van der Waals surface area contributed by atoms with Gasteiger partial charge in [0.15, 0.2) is 6.10 Å². The van der Waals surface area contributed by atoms with E-state index in [1.54, 1.807) is 6.92 Å². The Bertz CT molecular complexity index is 367. The normalized spacial score (nSPS) is 20.4. The van der Waals surface area contributed by atoms with Crippen molar-refractivity contribution in [3.63, 3.8) is 0 Å². The average molecular weight is 197 g/mol. The number of aryl methyl sites for hydroxylation is 1. The number of carbonyl (C=O) groups is 1. The van der Waals surface area contributed by atoms with Crippen molar-refractivity contribution in [3.8, 4) is 0 Å². The number of carboxylic acid groups (broad SMARTS) is 1. The molecule has 1 fully saturated rings. The summed E-state index contributed by atoms with van der Waals surface area (Å²) in [5.41, 5.74) is 0.0584. The van der Waals surface area contributed by atoms with Gasteiger partial charge in [-0.2, -0.15) is 0 Å². The van der Waals surface area contributed by atoms with Crippen LogP contribution in [-0.4, -0.2) is 27.4 Å². The lowest BCUT2D eigenvalue weighted by molar-refractivity contribution is -0.148. The van der Waals surface area contributed by atoms with Gasteiger partial charge >= 0.3 is 5.97 Å². The number of aliphatic carboxylic acids is 1. The molecule has 1 unspecified atom stereocenters. The van der Waals surface area contributed by atoms with Gasteiger partial charge in [0.25, 0.3) is 0 Å². The molecule has 1 heterocycles. The van der Waals surface area contributed by atoms with Gasteiger partial charge in [-0.25, -0.2) is 4.79 Å². The van der Waals surface area contributed by atoms with E-state index in [2.05, 4.69) is 5.16 Å². The van der Waals surface area contributed by atoms with Crippen LogP contribution in [0.1, 0.15) is 24.2 Å². The lowest BCUT2D eigenvalue weighted by Gasteiger charge is -2.16. The fourth-order valence-electron chi connectivity index (χ4n) is 1.84. The third-order valence-electron chi connectivity index (χ3n) is 2.83.